The lowest BCUT2D eigenvalue weighted by atomic mass is 10.4. The lowest BCUT2D eigenvalue weighted by Crippen LogP contribution is -2.27. The highest BCUT2D eigenvalue weighted by molar-refractivity contribution is 5.02. The number of nitrogens with two attached hydrogens (primary N) is 1. The molecule has 0 atom stereocenters. The maximum atomic E-state index is 5.51. The van der Waals surface area contributed by atoms with Gasteiger partial charge in [-0.25, -0.2) is 0 Å². The molecule has 0 aromatic carbocycles. The Labute approximate surface area is 85.7 Å². The molecule has 0 amide bonds. The molecule has 1 aromatic rings. The van der Waals surface area contributed by atoms with E-state index in [0.717, 1.165) is 31.7 Å². The highest BCUT2D eigenvalue weighted by atomic mass is 15.3. The van der Waals surface area contributed by atoms with Crippen LogP contribution < -0.4 is 5.73 Å². The van der Waals surface area contributed by atoms with Gasteiger partial charge in [-0.3, -0.25) is 4.68 Å². The van der Waals surface area contributed by atoms with Crippen LogP contribution in [0.4, 0.5) is 0 Å². The van der Waals surface area contributed by atoms with E-state index in [1.54, 1.807) is 0 Å². The van der Waals surface area contributed by atoms with Crippen LogP contribution in [0, 0.1) is 0 Å². The molecule has 4 heteroatoms. The summed E-state index contributed by atoms with van der Waals surface area (Å²) < 4.78 is 1.96. The summed E-state index contributed by atoms with van der Waals surface area (Å²) in [6.45, 7) is 9.13. The van der Waals surface area contributed by atoms with Crippen molar-refractivity contribution >= 4 is 0 Å². The summed E-state index contributed by atoms with van der Waals surface area (Å²) in [6, 6.07) is 0. The quantitative estimate of drug-likeness (QED) is 0.728. The highest BCUT2D eigenvalue weighted by Gasteiger charge is 2.00. The maximum Gasteiger partial charge on any atom is 0.0536 e. The molecule has 2 N–H and O–H groups in total. The van der Waals surface area contributed by atoms with Crippen LogP contribution in [0.15, 0.2) is 12.4 Å². The fourth-order valence-electron chi connectivity index (χ4n) is 1.42. The predicted molar refractivity (Wildman–Crippen MR) is 57.9 cm³/mol. The fourth-order valence-corrected chi connectivity index (χ4v) is 1.42. The van der Waals surface area contributed by atoms with Crippen LogP contribution in [0.2, 0.25) is 0 Å². The predicted octanol–water partition coefficient (Wildman–Crippen LogP) is 0.684. The van der Waals surface area contributed by atoms with Gasteiger partial charge in [0.25, 0.3) is 0 Å². The zero-order valence-electron chi connectivity index (χ0n) is 9.11. The minimum atomic E-state index is 0.575. The van der Waals surface area contributed by atoms with Gasteiger partial charge in [-0.05, 0) is 13.1 Å². The Morgan fingerprint density at radius 2 is 2.14 bits per heavy atom. The molecule has 0 aliphatic heterocycles. The number of hydrogen-bond acceptors (Lipinski definition) is 3. The van der Waals surface area contributed by atoms with E-state index in [1.807, 2.05) is 17.1 Å². The molecule has 0 bridgehead atoms. The first kappa shape index (κ1) is 11.2. The van der Waals surface area contributed by atoms with Crippen LogP contribution in [0.25, 0.3) is 0 Å². The summed E-state index contributed by atoms with van der Waals surface area (Å²) in [5.74, 6) is 0. The van der Waals surface area contributed by atoms with Crippen LogP contribution in [-0.4, -0.2) is 34.3 Å². The van der Waals surface area contributed by atoms with Gasteiger partial charge in [0.05, 0.1) is 12.7 Å². The molecule has 0 spiro atoms. The SMILES string of the molecule is CCN(CC)CCn1cc(CN)cn1. The standard InChI is InChI=1S/C10H20N4/c1-3-13(4-2)5-6-14-9-10(7-11)8-12-14/h8-9H,3-7,11H2,1-2H3. The second-order valence-electron chi connectivity index (χ2n) is 3.34. The summed E-state index contributed by atoms with van der Waals surface area (Å²) >= 11 is 0. The fraction of sp³-hybridized carbons (Fsp3) is 0.700. The monoisotopic (exact) mass is 196 g/mol. The van der Waals surface area contributed by atoms with Crippen molar-refractivity contribution in [3.63, 3.8) is 0 Å². The number of rotatable bonds is 6. The molecule has 80 valence electrons. The summed E-state index contributed by atoms with van der Waals surface area (Å²) in [5, 5.41) is 4.24. The maximum absolute atomic E-state index is 5.51. The third-order valence-corrected chi connectivity index (χ3v) is 2.46. The molecular formula is C10H20N4. The topological polar surface area (TPSA) is 47.1 Å². The molecule has 0 saturated carbocycles. The Bertz CT molecular complexity index is 252. The second kappa shape index (κ2) is 5.78. The van der Waals surface area contributed by atoms with E-state index in [-0.39, 0.29) is 0 Å². The van der Waals surface area contributed by atoms with Crippen LogP contribution in [0.5, 0.6) is 0 Å². The van der Waals surface area contributed by atoms with E-state index in [9.17, 15) is 0 Å². The van der Waals surface area contributed by atoms with Crippen LogP contribution in [0.3, 0.4) is 0 Å². The van der Waals surface area contributed by atoms with Crippen molar-refractivity contribution in [1.29, 1.82) is 0 Å². The summed E-state index contributed by atoms with van der Waals surface area (Å²) in [5.41, 5.74) is 6.61. The van der Waals surface area contributed by atoms with E-state index in [1.165, 1.54) is 0 Å². The summed E-state index contributed by atoms with van der Waals surface area (Å²) in [4.78, 5) is 2.38. The van der Waals surface area contributed by atoms with E-state index < -0.39 is 0 Å². The molecule has 0 radical (unpaired) electrons. The number of hydrogen-bond donors (Lipinski definition) is 1. The molecule has 0 fully saturated rings. The van der Waals surface area contributed by atoms with E-state index >= 15 is 0 Å². The molecule has 1 aromatic heterocycles. The smallest absolute Gasteiger partial charge is 0.0536 e. The molecular weight excluding hydrogens is 176 g/mol. The Morgan fingerprint density at radius 1 is 1.43 bits per heavy atom. The third kappa shape index (κ3) is 3.12. The number of likely N-dealkylation sites (N-methyl/N-ethyl adjacent to an activating group) is 1. The Hall–Kier alpha value is -0.870. The van der Waals surface area contributed by atoms with Gasteiger partial charge in [-0.1, -0.05) is 13.8 Å². The summed E-state index contributed by atoms with van der Waals surface area (Å²) in [6.07, 6.45) is 3.85. The van der Waals surface area contributed by atoms with E-state index in [2.05, 4.69) is 23.8 Å². The molecule has 1 rings (SSSR count). The molecule has 4 nitrogen and oxygen atoms in total. The van der Waals surface area contributed by atoms with Crippen molar-refractivity contribution in [2.24, 2.45) is 5.73 Å². The second-order valence-corrected chi connectivity index (χ2v) is 3.34. The zero-order valence-corrected chi connectivity index (χ0v) is 9.11. The van der Waals surface area contributed by atoms with Crippen molar-refractivity contribution in [3.8, 4) is 0 Å². The van der Waals surface area contributed by atoms with Gasteiger partial charge in [-0.15, -0.1) is 0 Å². The lowest BCUT2D eigenvalue weighted by molar-refractivity contribution is 0.285. The van der Waals surface area contributed by atoms with Gasteiger partial charge >= 0.3 is 0 Å². The van der Waals surface area contributed by atoms with Crippen molar-refractivity contribution in [3.05, 3.63) is 18.0 Å². The van der Waals surface area contributed by atoms with E-state index in [0.29, 0.717) is 6.54 Å². The average Bonchev–Trinajstić information content (AvgIpc) is 2.67. The molecule has 0 unspecified atom stereocenters. The largest absolute Gasteiger partial charge is 0.326 e. The van der Waals surface area contributed by atoms with Crippen molar-refractivity contribution in [2.45, 2.75) is 26.9 Å². The molecule has 14 heavy (non-hydrogen) atoms. The number of aromatic nitrogens is 2. The third-order valence-electron chi connectivity index (χ3n) is 2.46. The van der Waals surface area contributed by atoms with Gasteiger partial charge in [0.15, 0.2) is 0 Å². The van der Waals surface area contributed by atoms with Gasteiger partial charge < -0.3 is 10.6 Å². The first-order valence-electron chi connectivity index (χ1n) is 5.23. The molecule has 0 aliphatic rings. The van der Waals surface area contributed by atoms with Gasteiger partial charge in [0, 0.05) is 24.8 Å². The number of nitrogens with zero attached hydrogens (tertiary/aromatic N) is 3. The molecule has 1 heterocycles. The molecule has 0 saturated heterocycles. The molecule has 0 aliphatic carbocycles. The first-order chi connectivity index (χ1) is 6.80. The van der Waals surface area contributed by atoms with Crippen LogP contribution >= 0.6 is 0 Å². The Balaban J connectivity index is 2.37. The highest BCUT2D eigenvalue weighted by Crippen LogP contribution is 1.96. The van der Waals surface area contributed by atoms with Gasteiger partial charge in [-0.2, -0.15) is 5.10 Å². The van der Waals surface area contributed by atoms with Crippen molar-refractivity contribution < 1.29 is 0 Å². The minimum Gasteiger partial charge on any atom is -0.326 e. The average molecular weight is 196 g/mol. The van der Waals surface area contributed by atoms with Gasteiger partial charge in [0.1, 0.15) is 0 Å². The van der Waals surface area contributed by atoms with E-state index in [4.69, 9.17) is 5.73 Å². The van der Waals surface area contributed by atoms with Crippen molar-refractivity contribution in [1.82, 2.24) is 14.7 Å². The first-order valence-corrected chi connectivity index (χ1v) is 5.23. The Kier molecular flexibility index (Phi) is 4.62. The Morgan fingerprint density at radius 3 is 2.64 bits per heavy atom. The minimum absolute atomic E-state index is 0.575. The lowest BCUT2D eigenvalue weighted by Gasteiger charge is -2.17. The van der Waals surface area contributed by atoms with Crippen molar-refractivity contribution in [2.75, 3.05) is 19.6 Å². The van der Waals surface area contributed by atoms with Gasteiger partial charge in [0.2, 0.25) is 0 Å². The van der Waals surface area contributed by atoms with Crippen LogP contribution in [-0.2, 0) is 13.1 Å². The zero-order chi connectivity index (χ0) is 10.4. The van der Waals surface area contributed by atoms with Crippen LogP contribution in [0.1, 0.15) is 19.4 Å². The summed E-state index contributed by atoms with van der Waals surface area (Å²) in [7, 11) is 0. The normalized spacial score (nSPS) is 11.1.